The third-order valence-electron chi connectivity index (χ3n) is 2.76. The Bertz CT molecular complexity index is 523. The molecular weight excluding hydrogens is 242 g/mol. The molecule has 3 N–H and O–H groups in total. The number of carbonyl (C=O) groups is 1. The standard InChI is InChI=1S/C13H17N5O/c1-10-11(8-16-18-10)4-2-7-15-13(19)17-12-5-3-6-14-9-12/h3,5-6,8-9H,2,4,7H2,1H3,(H,16,18)(H2,15,17,19). The fourth-order valence-electron chi connectivity index (χ4n) is 1.72. The lowest BCUT2D eigenvalue weighted by Crippen LogP contribution is -2.29. The average Bonchev–Trinajstić information content (AvgIpc) is 2.81. The van der Waals surface area contributed by atoms with Crippen LogP contribution in [0.1, 0.15) is 17.7 Å². The van der Waals surface area contributed by atoms with Gasteiger partial charge in [-0.05, 0) is 37.5 Å². The van der Waals surface area contributed by atoms with E-state index < -0.39 is 0 Å². The van der Waals surface area contributed by atoms with Crippen LogP contribution >= 0.6 is 0 Å². The number of aromatic nitrogens is 3. The maximum atomic E-state index is 11.6. The van der Waals surface area contributed by atoms with Gasteiger partial charge < -0.3 is 10.6 Å². The first-order valence-corrected chi connectivity index (χ1v) is 6.19. The number of aryl methyl sites for hydroxylation is 2. The average molecular weight is 259 g/mol. The number of hydrogen-bond acceptors (Lipinski definition) is 3. The summed E-state index contributed by atoms with van der Waals surface area (Å²) in [4.78, 5) is 15.5. The predicted molar refractivity (Wildman–Crippen MR) is 72.9 cm³/mol. The van der Waals surface area contributed by atoms with Gasteiger partial charge in [0.2, 0.25) is 0 Å². The molecule has 0 unspecified atom stereocenters. The van der Waals surface area contributed by atoms with Gasteiger partial charge in [-0.25, -0.2) is 4.79 Å². The minimum absolute atomic E-state index is 0.211. The van der Waals surface area contributed by atoms with E-state index in [0.717, 1.165) is 18.5 Å². The molecule has 0 saturated carbocycles. The molecule has 2 aromatic rings. The van der Waals surface area contributed by atoms with Gasteiger partial charge in [-0.1, -0.05) is 0 Å². The molecule has 0 atom stereocenters. The number of nitrogens with zero attached hydrogens (tertiary/aromatic N) is 2. The Morgan fingerprint density at radius 1 is 1.42 bits per heavy atom. The van der Waals surface area contributed by atoms with Crippen LogP contribution in [0.3, 0.4) is 0 Å². The van der Waals surface area contributed by atoms with Crippen LogP contribution in [0.15, 0.2) is 30.7 Å². The van der Waals surface area contributed by atoms with Crippen molar-refractivity contribution in [1.82, 2.24) is 20.5 Å². The summed E-state index contributed by atoms with van der Waals surface area (Å²) in [5, 5.41) is 12.4. The summed E-state index contributed by atoms with van der Waals surface area (Å²) < 4.78 is 0. The lowest BCUT2D eigenvalue weighted by atomic mass is 10.1. The molecule has 6 nitrogen and oxygen atoms in total. The Hall–Kier alpha value is -2.37. The lowest BCUT2D eigenvalue weighted by molar-refractivity contribution is 0.252. The van der Waals surface area contributed by atoms with E-state index in [2.05, 4.69) is 25.8 Å². The smallest absolute Gasteiger partial charge is 0.319 e. The van der Waals surface area contributed by atoms with Gasteiger partial charge in [-0.15, -0.1) is 0 Å². The molecule has 100 valence electrons. The molecule has 0 radical (unpaired) electrons. The van der Waals surface area contributed by atoms with Crippen molar-refractivity contribution in [2.75, 3.05) is 11.9 Å². The van der Waals surface area contributed by atoms with Crippen molar-refractivity contribution in [2.24, 2.45) is 0 Å². The molecular formula is C13H17N5O. The minimum Gasteiger partial charge on any atom is -0.338 e. The summed E-state index contributed by atoms with van der Waals surface area (Å²) in [6, 6.07) is 3.36. The fraction of sp³-hybridized carbons (Fsp3) is 0.308. The number of pyridine rings is 1. The molecule has 0 spiro atoms. The summed E-state index contributed by atoms with van der Waals surface area (Å²) in [6.45, 7) is 2.61. The maximum absolute atomic E-state index is 11.6. The van der Waals surface area contributed by atoms with Crippen LogP contribution in [-0.2, 0) is 6.42 Å². The summed E-state index contributed by atoms with van der Waals surface area (Å²) in [5.41, 5.74) is 2.96. The van der Waals surface area contributed by atoms with Gasteiger partial charge in [0.1, 0.15) is 0 Å². The molecule has 0 aliphatic carbocycles. The van der Waals surface area contributed by atoms with Crippen LogP contribution in [0, 0.1) is 6.92 Å². The number of carbonyl (C=O) groups excluding carboxylic acids is 1. The third kappa shape index (κ3) is 4.09. The number of aromatic amines is 1. The Morgan fingerprint density at radius 2 is 2.32 bits per heavy atom. The zero-order valence-electron chi connectivity index (χ0n) is 10.8. The van der Waals surface area contributed by atoms with E-state index in [-0.39, 0.29) is 6.03 Å². The molecule has 0 aliphatic rings. The lowest BCUT2D eigenvalue weighted by Gasteiger charge is -2.06. The first kappa shape index (κ1) is 13.1. The van der Waals surface area contributed by atoms with Gasteiger partial charge in [-0.2, -0.15) is 5.10 Å². The SMILES string of the molecule is Cc1[nH]ncc1CCCNC(=O)Nc1cccnc1. The zero-order chi connectivity index (χ0) is 13.5. The molecule has 2 amide bonds. The highest BCUT2D eigenvalue weighted by Gasteiger charge is 2.02. The minimum atomic E-state index is -0.211. The van der Waals surface area contributed by atoms with E-state index >= 15 is 0 Å². The van der Waals surface area contributed by atoms with Gasteiger partial charge in [0.15, 0.2) is 0 Å². The molecule has 0 saturated heterocycles. The Labute approximate surface area is 111 Å². The van der Waals surface area contributed by atoms with E-state index in [1.807, 2.05) is 13.1 Å². The largest absolute Gasteiger partial charge is 0.338 e. The third-order valence-corrected chi connectivity index (χ3v) is 2.76. The molecule has 2 heterocycles. The quantitative estimate of drug-likeness (QED) is 0.717. The molecule has 0 fully saturated rings. The molecule has 2 rings (SSSR count). The van der Waals surface area contributed by atoms with Gasteiger partial charge in [0.25, 0.3) is 0 Å². The summed E-state index contributed by atoms with van der Waals surface area (Å²) in [5.74, 6) is 0. The first-order valence-electron chi connectivity index (χ1n) is 6.19. The number of nitrogens with one attached hydrogen (secondary N) is 3. The van der Waals surface area contributed by atoms with Crippen molar-refractivity contribution in [3.63, 3.8) is 0 Å². The van der Waals surface area contributed by atoms with Crippen molar-refractivity contribution in [1.29, 1.82) is 0 Å². The molecule has 6 heteroatoms. The van der Waals surface area contributed by atoms with E-state index in [0.29, 0.717) is 12.2 Å². The predicted octanol–water partition coefficient (Wildman–Crippen LogP) is 1.87. The number of H-pyrrole nitrogens is 1. The van der Waals surface area contributed by atoms with Gasteiger partial charge >= 0.3 is 6.03 Å². The number of anilines is 1. The van der Waals surface area contributed by atoms with Crippen molar-refractivity contribution in [2.45, 2.75) is 19.8 Å². The van der Waals surface area contributed by atoms with Crippen LogP contribution in [0.4, 0.5) is 10.5 Å². The van der Waals surface area contributed by atoms with Crippen LogP contribution in [0.2, 0.25) is 0 Å². The summed E-state index contributed by atoms with van der Waals surface area (Å²) in [6.07, 6.45) is 6.87. The highest BCUT2D eigenvalue weighted by atomic mass is 16.2. The molecule has 0 aliphatic heterocycles. The molecule has 0 bridgehead atoms. The van der Waals surface area contributed by atoms with Gasteiger partial charge in [0, 0.05) is 18.4 Å². The highest BCUT2D eigenvalue weighted by molar-refractivity contribution is 5.88. The normalized spacial score (nSPS) is 10.2. The van der Waals surface area contributed by atoms with Crippen LogP contribution in [0.5, 0.6) is 0 Å². The second-order valence-corrected chi connectivity index (χ2v) is 4.25. The van der Waals surface area contributed by atoms with Crippen molar-refractivity contribution in [3.8, 4) is 0 Å². The molecule has 19 heavy (non-hydrogen) atoms. The van der Waals surface area contributed by atoms with Crippen LogP contribution < -0.4 is 10.6 Å². The fourth-order valence-corrected chi connectivity index (χ4v) is 1.72. The van der Waals surface area contributed by atoms with Crippen molar-refractivity contribution >= 4 is 11.7 Å². The van der Waals surface area contributed by atoms with E-state index in [9.17, 15) is 4.79 Å². The van der Waals surface area contributed by atoms with Crippen molar-refractivity contribution < 1.29 is 4.79 Å². The van der Waals surface area contributed by atoms with Crippen molar-refractivity contribution in [3.05, 3.63) is 42.0 Å². The van der Waals surface area contributed by atoms with Gasteiger partial charge in [-0.3, -0.25) is 10.1 Å². The number of hydrogen-bond donors (Lipinski definition) is 3. The maximum Gasteiger partial charge on any atom is 0.319 e. The summed E-state index contributed by atoms with van der Waals surface area (Å²) in [7, 11) is 0. The van der Waals surface area contributed by atoms with Crippen LogP contribution in [0.25, 0.3) is 0 Å². The Morgan fingerprint density at radius 3 is 3.00 bits per heavy atom. The highest BCUT2D eigenvalue weighted by Crippen LogP contribution is 2.05. The van der Waals surface area contributed by atoms with Gasteiger partial charge in [0.05, 0.1) is 18.1 Å². The molecule has 0 aromatic carbocycles. The van der Waals surface area contributed by atoms with E-state index in [4.69, 9.17) is 0 Å². The van der Waals surface area contributed by atoms with E-state index in [1.54, 1.807) is 24.5 Å². The second kappa shape index (κ2) is 6.53. The topological polar surface area (TPSA) is 82.7 Å². The number of rotatable bonds is 5. The zero-order valence-corrected chi connectivity index (χ0v) is 10.8. The Balaban J connectivity index is 1.66. The Kier molecular flexibility index (Phi) is 4.49. The monoisotopic (exact) mass is 259 g/mol. The van der Waals surface area contributed by atoms with Crippen LogP contribution in [-0.4, -0.2) is 27.8 Å². The van der Waals surface area contributed by atoms with E-state index in [1.165, 1.54) is 5.56 Å². The second-order valence-electron chi connectivity index (χ2n) is 4.25. The first-order chi connectivity index (χ1) is 9.25. The number of amides is 2. The summed E-state index contributed by atoms with van der Waals surface area (Å²) >= 11 is 0. The molecule has 2 aromatic heterocycles. The number of urea groups is 1.